The van der Waals surface area contributed by atoms with E-state index in [9.17, 15) is 0 Å². The van der Waals surface area contributed by atoms with Crippen LogP contribution in [0.25, 0.3) is 11.1 Å². The predicted octanol–water partition coefficient (Wildman–Crippen LogP) is 4.09. The van der Waals surface area contributed by atoms with Gasteiger partial charge in [-0.2, -0.15) is 0 Å². The zero-order valence-corrected chi connectivity index (χ0v) is 13.3. The van der Waals surface area contributed by atoms with Crippen molar-refractivity contribution in [1.29, 1.82) is 0 Å². The molecule has 0 N–H and O–H groups in total. The summed E-state index contributed by atoms with van der Waals surface area (Å²) in [5, 5.41) is 3.02. The third kappa shape index (κ3) is 2.82. The van der Waals surface area contributed by atoms with Gasteiger partial charge < -0.3 is 0 Å². The van der Waals surface area contributed by atoms with Crippen LogP contribution in [-0.4, -0.2) is 26.7 Å². The van der Waals surface area contributed by atoms with Gasteiger partial charge in [0.15, 0.2) is 0 Å². The Kier molecular flexibility index (Phi) is 4.55. The van der Waals surface area contributed by atoms with Crippen LogP contribution in [0.3, 0.4) is 0 Å². The van der Waals surface area contributed by atoms with Crippen molar-refractivity contribution in [1.82, 2.24) is 0 Å². The summed E-state index contributed by atoms with van der Waals surface area (Å²) in [5.74, 6) is 0. The quantitative estimate of drug-likeness (QED) is 0.740. The third-order valence-corrected chi connectivity index (χ3v) is 5.77. The van der Waals surface area contributed by atoms with Gasteiger partial charge in [-0.3, -0.25) is 0 Å². The molecule has 2 heteroatoms. The Morgan fingerprint density at radius 2 is 0.889 bits per heavy atom. The van der Waals surface area contributed by atoms with Gasteiger partial charge in [0.25, 0.3) is 0 Å². The molecule has 0 fully saturated rings. The summed E-state index contributed by atoms with van der Waals surface area (Å²) in [5.41, 5.74) is 2.86. The van der Waals surface area contributed by atoms with Crippen LogP contribution >= 0.6 is 15.8 Å². The largest absolute Gasteiger partial charge is 0.0810 e. The van der Waals surface area contributed by atoms with Crippen molar-refractivity contribution in [2.75, 3.05) is 26.7 Å². The summed E-state index contributed by atoms with van der Waals surface area (Å²) in [4.78, 5) is 0. The highest BCUT2D eigenvalue weighted by Gasteiger charge is 2.12. The molecule has 0 aliphatic carbocycles. The van der Waals surface area contributed by atoms with Crippen LogP contribution < -0.4 is 10.6 Å². The summed E-state index contributed by atoms with van der Waals surface area (Å²) >= 11 is 0. The van der Waals surface area contributed by atoms with Crippen LogP contribution in [-0.2, 0) is 0 Å². The zero-order valence-electron chi connectivity index (χ0n) is 11.5. The third-order valence-electron chi connectivity index (χ3n) is 3.06. The van der Waals surface area contributed by atoms with Gasteiger partial charge in [0.05, 0.1) is 0 Å². The van der Waals surface area contributed by atoms with Gasteiger partial charge in [-0.15, -0.1) is 0 Å². The second-order valence-corrected chi connectivity index (χ2v) is 9.36. The van der Waals surface area contributed by atoms with Crippen molar-refractivity contribution in [3.63, 3.8) is 0 Å². The maximum absolute atomic E-state index is 2.33. The molecule has 0 aliphatic rings. The summed E-state index contributed by atoms with van der Waals surface area (Å²) in [7, 11) is -0.129. The Balaban J connectivity index is 2.62. The van der Waals surface area contributed by atoms with Crippen LogP contribution in [0, 0.1) is 0 Å². The first-order valence-electron chi connectivity index (χ1n) is 6.14. The highest BCUT2D eigenvalue weighted by Crippen LogP contribution is 2.34. The molecule has 0 aromatic heterocycles. The molecule has 0 aliphatic heterocycles. The normalized spacial score (nSPS) is 11.2. The molecule has 0 spiro atoms. The number of hydrogen-bond donors (Lipinski definition) is 0. The molecule has 2 aromatic rings. The number of hydrogen-bond acceptors (Lipinski definition) is 0. The van der Waals surface area contributed by atoms with E-state index >= 15 is 0 Å². The van der Waals surface area contributed by atoms with E-state index in [1.165, 1.54) is 21.7 Å². The summed E-state index contributed by atoms with van der Waals surface area (Å²) in [6.45, 7) is 9.32. The van der Waals surface area contributed by atoms with E-state index in [0.717, 1.165) is 0 Å². The van der Waals surface area contributed by atoms with Crippen molar-refractivity contribution in [2.24, 2.45) is 0 Å². The second kappa shape index (κ2) is 5.96. The average molecular weight is 274 g/mol. The fourth-order valence-corrected chi connectivity index (χ4v) is 4.30. The monoisotopic (exact) mass is 274 g/mol. The molecule has 0 amide bonds. The Bertz CT molecular complexity index is 481. The molecule has 0 radical (unpaired) electrons. The van der Waals surface area contributed by atoms with E-state index in [-0.39, 0.29) is 15.8 Å². The molecule has 94 valence electrons. The van der Waals surface area contributed by atoms with Crippen LogP contribution in [0.4, 0.5) is 0 Å². The molecule has 18 heavy (non-hydrogen) atoms. The standard InChI is InChI=1S/C16H20P2/c1-17(2)15-11-7-5-9-13(15)14-10-6-8-12-16(14)18(3)4/h5-12H,1-4H3. The maximum atomic E-state index is 2.33. The summed E-state index contributed by atoms with van der Waals surface area (Å²) in [6, 6.07) is 17.7. The Labute approximate surface area is 113 Å². The minimum atomic E-state index is -0.0644. The Morgan fingerprint density at radius 3 is 1.22 bits per heavy atom. The van der Waals surface area contributed by atoms with E-state index in [1.807, 2.05) is 0 Å². The van der Waals surface area contributed by atoms with Crippen LogP contribution in [0.1, 0.15) is 0 Å². The maximum Gasteiger partial charge on any atom is -0.0101 e. The topological polar surface area (TPSA) is 0 Å². The highest BCUT2D eigenvalue weighted by atomic mass is 31.1. The van der Waals surface area contributed by atoms with Gasteiger partial charge in [0.2, 0.25) is 0 Å². The highest BCUT2D eigenvalue weighted by molar-refractivity contribution is 7.65. The Morgan fingerprint density at radius 1 is 0.556 bits per heavy atom. The van der Waals surface area contributed by atoms with Crippen molar-refractivity contribution < 1.29 is 0 Å². The SMILES string of the molecule is CP(C)c1ccccc1-c1ccccc1P(C)C. The summed E-state index contributed by atoms with van der Waals surface area (Å²) in [6.07, 6.45) is 0. The predicted molar refractivity (Wildman–Crippen MR) is 88.7 cm³/mol. The van der Waals surface area contributed by atoms with Crippen LogP contribution in [0.15, 0.2) is 48.5 Å². The first-order chi connectivity index (χ1) is 8.61. The fourth-order valence-electron chi connectivity index (χ4n) is 2.18. The lowest BCUT2D eigenvalue weighted by Gasteiger charge is -2.18. The summed E-state index contributed by atoms with van der Waals surface area (Å²) < 4.78 is 0. The number of benzene rings is 2. The van der Waals surface area contributed by atoms with Crippen LogP contribution in [0.2, 0.25) is 0 Å². The van der Waals surface area contributed by atoms with Crippen LogP contribution in [0.5, 0.6) is 0 Å². The van der Waals surface area contributed by atoms with Crippen molar-refractivity contribution in [3.05, 3.63) is 48.5 Å². The minimum Gasteiger partial charge on any atom is -0.0810 e. The molecular formula is C16H20P2. The fraction of sp³-hybridized carbons (Fsp3) is 0.250. The van der Waals surface area contributed by atoms with Crippen molar-refractivity contribution >= 4 is 26.5 Å². The lowest BCUT2D eigenvalue weighted by Crippen LogP contribution is -2.10. The molecule has 0 unspecified atom stereocenters. The lowest BCUT2D eigenvalue weighted by atomic mass is 10.1. The first-order valence-corrected chi connectivity index (χ1v) is 10.6. The van der Waals surface area contributed by atoms with Gasteiger partial charge >= 0.3 is 0 Å². The van der Waals surface area contributed by atoms with E-state index in [0.29, 0.717) is 0 Å². The van der Waals surface area contributed by atoms with E-state index in [2.05, 4.69) is 75.2 Å². The van der Waals surface area contributed by atoms with E-state index < -0.39 is 0 Å². The molecular weight excluding hydrogens is 254 g/mol. The molecule has 2 aromatic carbocycles. The van der Waals surface area contributed by atoms with E-state index in [1.54, 1.807) is 0 Å². The average Bonchev–Trinajstić information content (AvgIpc) is 2.38. The number of rotatable bonds is 3. The molecule has 2 rings (SSSR count). The van der Waals surface area contributed by atoms with Gasteiger partial charge in [0, 0.05) is 0 Å². The molecule has 0 saturated heterocycles. The molecule has 0 bridgehead atoms. The van der Waals surface area contributed by atoms with Gasteiger partial charge in [0.1, 0.15) is 0 Å². The zero-order chi connectivity index (χ0) is 13.1. The van der Waals surface area contributed by atoms with E-state index in [4.69, 9.17) is 0 Å². The first kappa shape index (κ1) is 13.7. The minimum absolute atomic E-state index is 0.0644. The van der Waals surface area contributed by atoms with Gasteiger partial charge in [-0.25, -0.2) is 0 Å². The van der Waals surface area contributed by atoms with Gasteiger partial charge in [-0.05, 0) is 48.4 Å². The molecule has 0 atom stereocenters. The smallest absolute Gasteiger partial charge is 0.0101 e. The van der Waals surface area contributed by atoms with Crippen molar-refractivity contribution in [3.8, 4) is 11.1 Å². The second-order valence-electron chi connectivity index (χ2n) is 4.82. The molecule has 0 heterocycles. The Hall–Kier alpha value is -0.700. The molecule has 0 saturated carbocycles. The van der Waals surface area contributed by atoms with Crippen molar-refractivity contribution in [2.45, 2.75) is 0 Å². The lowest BCUT2D eigenvalue weighted by molar-refractivity contribution is 1.68. The van der Waals surface area contributed by atoms with Gasteiger partial charge in [-0.1, -0.05) is 64.4 Å². The molecule has 0 nitrogen and oxygen atoms in total.